The van der Waals surface area contributed by atoms with Crippen molar-refractivity contribution in [2.24, 2.45) is 5.92 Å². The van der Waals surface area contributed by atoms with Crippen LogP contribution in [0.1, 0.15) is 19.3 Å². The number of nitrogens with one attached hydrogen (secondary N) is 1. The Morgan fingerprint density at radius 1 is 1.44 bits per heavy atom. The summed E-state index contributed by atoms with van der Waals surface area (Å²) in [4.78, 5) is 6.45. The molecule has 2 rings (SSSR count). The maximum atomic E-state index is 4.15. The summed E-state index contributed by atoms with van der Waals surface area (Å²) in [5.74, 6) is 0.903. The van der Waals surface area contributed by atoms with Crippen molar-refractivity contribution in [3.63, 3.8) is 0 Å². The van der Waals surface area contributed by atoms with Gasteiger partial charge in [-0.2, -0.15) is 0 Å². The maximum absolute atomic E-state index is 4.15. The zero-order valence-corrected chi connectivity index (χ0v) is 10.0. The van der Waals surface area contributed by atoms with E-state index in [2.05, 4.69) is 28.3 Å². The third kappa shape index (κ3) is 3.20. The summed E-state index contributed by atoms with van der Waals surface area (Å²) >= 11 is 0. The SMILES string of the molecule is CN(CCC1CCNCC1)c1cccnc1. The maximum Gasteiger partial charge on any atom is 0.0550 e. The lowest BCUT2D eigenvalue weighted by Gasteiger charge is -2.26. The van der Waals surface area contributed by atoms with Gasteiger partial charge >= 0.3 is 0 Å². The molecule has 0 amide bonds. The fourth-order valence-corrected chi connectivity index (χ4v) is 2.26. The number of aromatic nitrogens is 1. The average Bonchev–Trinajstić information content (AvgIpc) is 2.38. The molecule has 1 aliphatic rings. The normalized spacial score (nSPS) is 17.3. The van der Waals surface area contributed by atoms with E-state index >= 15 is 0 Å². The van der Waals surface area contributed by atoms with Crippen molar-refractivity contribution < 1.29 is 0 Å². The molecule has 1 aliphatic heterocycles. The highest BCUT2D eigenvalue weighted by Gasteiger charge is 2.13. The van der Waals surface area contributed by atoms with Gasteiger partial charge in [-0.05, 0) is 50.4 Å². The van der Waals surface area contributed by atoms with E-state index in [0.29, 0.717) is 0 Å². The first-order valence-electron chi connectivity index (χ1n) is 6.18. The van der Waals surface area contributed by atoms with Gasteiger partial charge in [-0.1, -0.05) is 0 Å². The number of hydrogen-bond donors (Lipinski definition) is 1. The first-order valence-corrected chi connectivity index (χ1v) is 6.18. The van der Waals surface area contributed by atoms with Gasteiger partial charge in [0.15, 0.2) is 0 Å². The largest absolute Gasteiger partial charge is 0.373 e. The molecule has 0 bridgehead atoms. The summed E-state index contributed by atoms with van der Waals surface area (Å²) in [5.41, 5.74) is 1.22. The van der Waals surface area contributed by atoms with Crippen molar-refractivity contribution in [1.29, 1.82) is 0 Å². The van der Waals surface area contributed by atoms with Crippen LogP contribution in [0.3, 0.4) is 0 Å². The summed E-state index contributed by atoms with van der Waals surface area (Å²) in [6.45, 7) is 3.53. The van der Waals surface area contributed by atoms with Crippen LogP contribution in [-0.4, -0.2) is 31.7 Å². The van der Waals surface area contributed by atoms with Gasteiger partial charge in [0.1, 0.15) is 0 Å². The van der Waals surface area contributed by atoms with Crippen LogP contribution in [0.15, 0.2) is 24.5 Å². The molecule has 88 valence electrons. The molecule has 16 heavy (non-hydrogen) atoms. The molecule has 0 radical (unpaired) electrons. The number of piperidine rings is 1. The van der Waals surface area contributed by atoms with Crippen molar-refractivity contribution in [1.82, 2.24) is 10.3 Å². The second kappa shape index (κ2) is 5.85. The number of anilines is 1. The van der Waals surface area contributed by atoms with Gasteiger partial charge in [-0.15, -0.1) is 0 Å². The third-order valence-corrected chi connectivity index (χ3v) is 3.42. The monoisotopic (exact) mass is 219 g/mol. The van der Waals surface area contributed by atoms with E-state index in [4.69, 9.17) is 0 Å². The van der Waals surface area contributed by atoms with Crippen LogP contribution in [0.25, 0.3) is 0 Å². The first kappa shape index (κ1) is 11.4. The molecule has 3 nitrogen and oxygen atoms in total. The summed E-state index contributed by atoms with van der Waals surface area (Å²) in [6.07, 6.45) is 7.72. The van der Waals surface area contributed by atoms with E-state index in [9.17, 15) is 0 Å². The quantitative estimate of drug-likeness (QED) is 0.838. The number of hydrogen-bond acceptors (Lipinski definition) is 3. The predicted molar refractivity (Wildman–Crippen MR) is 67.7 cm³/mol. The second-order valence-corrected chi connectivity index (χ2v) is 4.61. The Bertz CT molecular complexity index is 293. The molecule has 0 aromatic carbocycles. The lowest BCUT2D eigenvalue weighted by atomic mass is 9.94. The Hall–Kier alpha value is -1.09. The van der Waals surface area contributed by atoms with Gasteiger partial charge < -0.3 is 10.2 Å². The molecule has 0 saturated carbocycles. The van der Waals surface area contributed by atoms with Gasteiger partial charge in [0.25, 0.3) is 0 Å². The minimum atomic E-state index is 0.903. The van der Waals surface area contributed by atoms with Crippen molar-refractivity contribution in [3.05, 3.63) is 24.5 Å². The molecule has 1 fully saturated rings. The molecule has 1 saturated heterocycles. The summed E-state index contributed by atoms with van der Waals surface area (Å²) < 4.78 is 0. The van der Waals surface area contributed by atoms with Crippen molar-refractivity contribution in [3.8, 4) is 0 Å². The number of nitrogens with zero attached hydrogens (tertiary/aromatic N) is 2. The van der Waals surface area contributed by atoms with Crippen LogP contribution in [0.4, 0.5) is 5.69 Å². The van der Waals surface area contributed by atoms with Crippen molar-refractivity contribution >= 4 is 5.69 Å². The standard InChI is InChI=1S/C13H21N3/c1-16(13-3-2-7-15-11-13)10-6-12-4-8-14-9-5-12/h2-3,7,11-12,14H,4-6,8-10H2,1H3. The fourth-order valence-electron chi connectivity index (χ4n) is 2.26. The minimum absolute atomic E-state index is 0.903. The average molecular weight is 219 g/mol. The van der Waals surface area contributed by atoms with E-state index in [-0.39, 0.29) is 0 Å². The van der Waals surface area contributed by atoms with E-state index in [1.165, 1.54) is 38.0 Å². The van der Waals surface area contributed by atoms with Crippen LogP contribution in [-0.2, 0) is 0 Å². The summed E-state index contributed by atoms with van der Waals surface area (Å²) in [6, 6.07) is 4.12. The fraction of sp³-hybridized carbons (Fsp3) is 0.615. The van der Waals surface area contributed by atoms with E-state index in [1.807, 2.05) is 18.5 Å². The van der Waals surface area contributed by atoms with Crippen LogP contribution < -0.4 is 10.2 Å². The highest BCUT2D eigenvalue weighted by atomic mass is 15.1. The molecule has 3 heteroatoms. The first-order chi connectivity index (χ1) is 7.86. The van der Waals surface area contributed by atoms with Crippen molar-refractivity contribution in [2.45, 2.75) is 19.3 Å². The minimum Gasteiger partial charge on any atom is -0.373 e. The Kier molecular flexibility index (Phi) is 4.17. The molecule has 1 aromatic heterocycles. The lowest BCUT2D eigenvalue weighted by Crippen LogP contribution is -2.30. The molecule has 0 aliphatic carbocycles. The molecular weight excluding hydrogens is 198 g/mol. The Balaban J connectivity index is 1.77. The highest BCUT2D eigenvalue weighted by Crippen LogP contribution is 2.18. The highest BCUT2D eigenvalue weighted by molar-refractivity contribution is 5.42. The Morgan fingerprint density at radius 2 is 2.25 bits per heavy atom. The number of rotatable bonds is 4. The smallest absolute Gasteiger partial charge is 0.0550 e. The van der Waals surface area contributed by atoms with Gasteiger partial charge in [-0.3, -0.25) is 4.98 Å². The molecular formula is C13H21N3. The predicted octanol–water partition coefficient (Wildman–Crippen LogP) is 1.91. The topological polar surface area (TPSA) is 28.2 Å². The second-order valence-electron chi connectivity index (χ2n) is 4.61. The molecule has 2 heterocycles. The van der Waals surface area contributed by atoms with Crippen LogP contribution in [0.5, 0.6) is 0 Å². The zero-order valence-electron chi connectivity index (χ0n) is 10.0. The van der Waals surface area contributed by atoms with Gasteiger partial charge in [-0.25, -0.2) is 0 Å². The van der Waals surface area contributed by atoms with Crippen LogP contribution in [0, 0.1) is 5.92 Å². The zero-order chi connectivity index (χ0) is 11.2. The van der Waals surface area contributed by atoms with E-state index in [1.54, 1.807) is 0 Å². The molecule has 0 atom stereocenters. The Labute approximate surface area is 97.9 Å². The summed E-state index contributed by atoms with van der Waals surface area (Å²) in [7, 11) is 2.15. The molecule has 0 spiro atoms. The number of pyridine rings is 1. The van der Waals surface area contributed by atoms with Crippen LogP contribution in [0.2, 0.25) is 0 Å². The van der Waals surface area contributed by atoms with E-state index < -0.39 is 0 Å². The molecule has 0 unspecified atom stereocenters. The van der Waals surface area contributed by atoms with E-state index in [0.717, 1.165) is 12.5 Å². The van der Waals surface area contributed by atoms with Crippen LogP contribution >= 0.6 is 0 Å². The molecule has 1 N–H and O–H groups in total. The van der Waals surface area contributed by atoms with Gasteiger partial charge in [0, 0.05) is 19.8 Å². The third-order valence-electron chi connectivity index (χ3n) is 3.42. The lowest BCUT2D eigenvalue weighted by molar-refractivity contribution is 0.356. The summed E-state index contributed by atoms with van der Waals surface area (Å²) in [5, 5.41) is 3.41. The molecule has 1 aromatic rings. The van der Waals surface area contributed by atoms with Gasteiger partial charge in [0.2, 0.25) is 0 Å². The Morgan fingerprint density at radius 3 is 2.94 bits per heavy atom. The van der Waals surface area contributed by atoms with Gasteiger partial charge in [0.05, 0.1) is 11.9 Å². The van der Waals surface area contributed by atoms with Crippen molar-refractivity contribution in [2.75, 3.05) is 31.6 Å².